The molecule has 0 saturated carbocycles. The summed E-state index contributed by atoms with van der Waals surface area (Å²) in [6.07, 6.45) is 4.25. The van der Waals surface area contributed by atoms with Crippen LogP contribution in [0, 0.1) is 0 Å². The number of carbonyl (C=O) groups excluding carboxylic acids is 1. The first kappa shape index (κ1) is 14.2. The minimum atomic E-state index is -0.255. The van der Waals surface area contributed by atoms with Gasteiger partial charge >= 0.3 is 0 Å². The average molecular weight is 240 g/mol. The van der Waals surface area contributed by atoms with Crippen molar-refractivity contribution < 1.29 is 9.53 Å². The maximum atomic E-state index is 11.5. The van der Waals surface area contributed by atoms with Crippen molar-refractivity contribution in [3.05, 3.63) is 11.6 Å². The lowest BCUT2D eigenvalue weighted by Gasteiger charge is -2.19. The fraction of sp³-hybridized carbons (Fsp3) is 0.769. The number of carbonyl (C=O) groups is 1. The lowest BCUT2D eigenvalue weighted by Crippen LogP contribution is -2.33. The molecule has 2 N–H and O–H groups in total. The quantitative estimate of drug-likeness (QED) is 0.711. The van der Waals surface area contributed by atoms with Gasteiger partial charge in [0.25, 0.3) is 0 Å². The molecule has 0 saturated heterocycles. The second-order valence-corrected chi connectivity index (χ2v) is 5.32. The molecule has 0 aromatic heterocycles. The Labute approximate surface area is 104 Å². The molecule has 0 atom stereocenters. The standard InChI is InChI=1S/C13H24N2O2/c1-13(2,3)17-10-12(16)15-9-6-11-4-7-14-8-5-11/h4,14H,5-10H2,1-3H3,(H,15,16). The van der Waals surface area contributed by atoms with Crippen molar-refractivity contribution in [2.24, 2.45) is 0 Å². The van der Waals surface area contributed by atoms with Gasteiger partial charge in [0, 0.05) is 13.1 Å². The third kappa shape index (κ3) is 7.13. The monoisotopic (exact) mass is 240 g/mol. The van der Waals surface area contributed by atoms with Crippen molar-refractivity contribution in [1.82, 2.24) is 10.6 Å². The zero-order valence-electron chi connectivity index (χ0n) is 11.1. The zero-order chi connectivity index (χ0) is 12.7. The predicted octanol–water partition coefficient (Wildman–Crippen LogP) is 1.23. The second kappa shape index (κ2) is 6.77. The molecule has 0 aromatic carbocycles. The fourth-order valence-corrected chi connectivity index (χ4v) is 1.59. The van der Waals surface area contributed by atoms with E-state index in [2.05, 4.69) is 16.7 Å². The topological polar surface area (TPSA) is 50.4 Å². The summed E-state index contributed by atoms with van der Waals surface area (Å²) in [5.74, 6) is -0.0329. The van der Waals surface area contributed by atoms with Crippen LogP contribution < -0.4 is 10.6 Å². The summed E-state index contributed by atoms with van der Waals surface area (Å²) in [7, 11) is 0. The van der Waals surface area contributed by atoms with E-state index < -0.39 is 0 Å². The molecular weight excluding hydrogens is 216 g/mol. The third-order valence-corrected chi connectivity index (χ3v) is 2.56. The van der Waals surface area contributed by atoms with E-state index in [4.69, 9.17) is 4.74 Å². The van der Waals surface area contributed by atoms with Gasteiger partial charge in [-0.05, 0) is 40.2 Å². The van der Waals surface area contributed by atoms with Crippen molar-refractivity contribution in [1.29, 1.82) is 0 Å². The van der Waals surface area contributed by atoms with Gasteiger partial charge in [0.2, 0.25) is 5.91 Å². The number of rotatable bonds is 5. The molecule has 0 radical (unpaired) electrons. The Hall–Kier alpha value is -0.870. The Bertz CT molecular complexity index is 280. The molecule has 98 valence electrons. The summed E-state index contributed by atoms with van der Waals surface area (Å²) in [5.41, 5.74) is 1.18. The van der Waals surface area contributed by atoms with Crippen LogP contribution in [0.5, 0.6) is 0 Å². The number of ether oxygens (including phenoxy) is 1. The Balaban J connectivity index is 2.09. The molecular formula is C13H24N2O2. The van der Waals surface area contributed by atoms with Crippen LogP contribution in [-0.2, 0) is 9.53 Å². The number of nitrogens with one attached hydrogen (secondary N) is 2. The molecule has 0 aromatic rings. The molecule has 0 unspecified atom stereocenters. The van der Waals surface area contributed by atoms with Crippen LogP contribution in [-0.4, -0.2) is 37.7 Å². The molecule has 0 fully saturated rings. The van der Waals surface area contributed by atoms with E-state index >= 15 is 0 Å². The summed E-state index contributed by atoms with van der Waals surface area (Å²) in [5, 5.41) is 6.14. The fourth-order valence-electron chi connectivity index (χ4n) is 1.59. The first-order valence-corrected chi connectivity index (χ1v) is 6.27. The van der Waals surface area contributed by atoms with Crippen LogP contribution >= 0.6 is 0 Å². The van der Waals surface area contributed by atoms with Gasteiger partial charge < -0.3 is 15.4 Å². The van der Waals surface area contributed by atoms with Crippen LogP contribution in [0.2, 0.25) is 0 Å². The van der Waals surface area contributed by atoms with Crippen molar-refractivity contribution in [3.63, 3.8) is 0 Å². The van der Waals surface area contributed by atoms with Gasteiger partial charge in [0.1, 0.15) is 6.61 Å². The Kier molecular flexibility index (Phi) is 5.65. The first-order chi connectivity index (χ1) is 7.97. The highest BCUT2D eigenvalue weighted by Crippen LogP contribution is 2.08. The van der Waals surface area contributed by atoms with Crippen molar-refractivity contribution in [3.8, 4) is 0 Å². The van der Waals surface area contributed by atoms with Gasteiger partial charge in [-0.15, -0.1) is 0 Å². The van der Waals surface area contributed by atoms with Gasteiger partial charge in [-0.2, -0.15) is 0 Å². The van der Waals surface area contributed by atoms with Crippen LogP contribution in [0.25, 0.3) is 0 Å². The maximum Gasteiger partial charge on any atom is 0.246 e. The number of hydrogen-bond acceptors (Lipinski definition) is 3. The normalized spacial score (nSPS) is 16.5. The van der Waals surface area contributed by atoms with E-state index in [9.17, 15) is 4.79 Å². The summed E-state index contributed by atoms with van der Waals surface area (Å²) >= 11 is 0. The lowest BCUT2D eigenvalue weighted by molar-refractivity contribution is -0.130. The van der Waals surface area contributed by atoms with Crippen LogP contribution in [0.4, 0.5) is 0 Å². The lowest BCUT2D eigenvalue weighted by atomic mass is 10.1. The zero-order valence-corrected chi connectivity index (χ0v) is 11.1. The van der Waals surface area contributed by atoms with Gasteiger partial charge in [0.05, 0.1) is 5.60 Å². The first-order valence-electron chi connectivity index (χ1n) is 6.27. The third-order valence-electron chi connectivity index (χ3n) is 2.56. The van der Waals surface area contributed by atoms with Crippen molar-refractivity contribution in [2.75, 3.05) is 26.2 Å². The van der Waals surface area contributed by atoms with E-state index in [1.54, 1.807) is 0 Å². The highest BCUT2D eigenvalue weighted by Gasteiger charge is 2.12. The van der Waals surface area contributed by atoms with E-state index in [1.165, 1.54) is 5.57 Å². The van der Waals surface area contributed by atoms with Crippen molar-refractivity contribution in [2.45, 2.75) is 39.2 Å². The molecule has 4 heteroatoms. The summed E-state index contributed by atoms with van der Waals surface area (Å²) in [4.78, 5) is 11.5. The molecule has 1 amide bonds. The maximum absolute atomic E-state index is 11.5. The average Bonchev–Trinajstić information content (AvgIpc) is 2.27. The Morgan fingerprint density at radius 1 is 1.53 bits per heavy atom. The molecule has 17 heavy (non-hydrogen) atoms. The Morgan fingerprint density at radius 2 is 2.29 bits per heavy atom. The van der Waals surface area contributed by atoms with Crippen LogP contribution in [0.15, 0.2) is 11.6 Å². The molecule has 0 aliphatic carbocycles. The van der Waals surface area contributed by atoms with E-state index in [0.29, 0.717) is 6.54 Å². The predicted molar refractivity (Wildman–Crippen MR) is 68.9 cm³/mol. The molecule has 1 aliphatic heterocycles. The van der Waals surface area contributed by atoms with E-state index in [0.717, 1.165) is 25.9 Å². The molecule has 4 nitrogen and oxygen atoms in total. The van der Waals surface area contributed by atoms with Gasteiger partial charge in [0.15, 0.2) is 0 Å². The van der Waals surface area contributed by atoms with E-state index in [-0.39, 0.29) is 18.1 Å². The number of hydrogen-bond donors (Lipinski definition) is 2. The molecule has 1 rings (SSSR count). The molecule has 0 spiro atoms. The molecule has 1 aliphatic rings. The SMILES string of the molecule is CC(C)(C)OCC(=O)NCCC1=CCNCC1. The van der Waals surface area contributed by atoms with Gasteiger partial charge in [-0.25, -0.2) is 0 Å². The van der Waals surface area contributed by atoms with Crippen LogP contribution in [0.3, 0.4) is 0 Å². The van der Waals surface area contributed by atoms with Crippen LogP contribution in [0.1, 0.15) is 33.6 Å². The Morgan fingerprint density at radius 3 is 2.88 bits per heavy atom. The van der Waals surface area contributed by atoms with Gasteiger partial charge in [-0.3, -0.25) is 4.79 Å². The smallest absolute Gasteiger partial charge is 0.246 e. The minimum absolute atomic E-state index is 0.0329. The second-order valence-electron chi connectivity index (χ2n) is 5.32. The highest BCUT2D eigenvalue weighted by atomic mass is 16.5. The van der Waals surface area contributed by atoms with Gasteiger partial charge in [-0.1, -0.05) is 11.6 Å². The minimum Gasteiger partial charge on any atom is -0.366 e. The molecule has 1 heterocycles. The largest absolute Gasteiger partial charge is 0.366 e. The summed E-state index contributed by atoms with van der Waals surface area (Å²) in [6.45, 7) is 8.69. The summed E-state index contributed by atoms with van der Waals surface area (Å²) in [6, 6.07) is 0. The highest BCUT2D eigenvalue weighted by molar-refractivity contribution is 5.77. The van der Waals surface area contributed by atoms with Crippen molar-refractivity contribution >= 4 is 5.91 Å². The van der Waals surface area contributed by atoms with E-state index in [1.807, 2.05) is 20.8 Å². The molecule has 0 bridgehead atoms. The number of amides is 1. The summed E-state index contributed by atoms with van der Waals surface area (Å²) < 4.78 is 5.40.